The number of nitrogens with zero attached hydrogens (tertiary/aromatic N) is 3. The predicted octanol–water partition coefficient (Wildman–Crippen LogP) is 5.46. The third-order valence-corrected chi connectivity index (χ3v) is 4.68. The smallest absolute Gasteiger partial charge is 0.295 e. The topological polar surface area (TPSA) is 59.8 Å². The number of amides is 1. The van der Waals surface area contributed by atoms with Gasteiger partial charge in [0.25, 0.3) is 5.91 Å². The second-order valence-corrected chi connectivity index (χ2v) is 7.28. The van der Waals surface area contributed by atoms with Gasteiger partial charge in [0.05, 0.1) is 5.69 Å². The van der Waals surface area contributed by atoms with Gasteiger partial charge in [0.2, 0.25) is 5.82 Å². The van der Waals surface area contributed by atoms with E-state index in [1.54, 1.807) is 28.9 Å². The molecule has 0 saturated carbocycles. The number of hydrogen-bond acceptors (Lipinski definition) is 3. The Bertz CT molecular complexity index is 1180. The highest BCUT2D eigenvalue weighted by atomic mass is 35.5. The van der Waals surface area contributed by atoms with Crippen LogP contribution in [0, 0.1) is 13.8 Å². The van der Waals surface area contributed by atoms with Crippen molar-refractivity contribution in [2.45, 2.75) is 13.8 Å². The summed E-state index contributed by atoms with van der Waals surface area (Å²) < 4.78 is 1.70. The van der Waals surface area contributed by atoms with E-state index < -0.39 is 5.91 Å². The van der Waals surface area contributed by atoms with Gasteiger partial charge in [0, 0.05) is 16.3 Å². The van der Waals surface area contributed by atoms with E-state index in [9.17, 15) is 4.79 Å². The zero-order valence-electron chi connectivity index (χ0n) is 16.1. The Hall–Kier alpha value is -3.44. The summed E-state index contributed by atoms with van der Waals surface area (Å²) in [4.78, 5) is 17.3. The number of aryl methyl sites for hydroxylation is 2. The number of aromatic nitrogens is 3. The van der Waals surface area contributed by atoms with Crippen molar-refractivity contribution < 1.29 is 4.79 Å². The van der Waals surface area contributed by atoms with Gasteiger partial charge >= 0.3 is 0 Å². The number of rotatable bonds is 4. The van der Waals surface area contributed by atoms with Crippen LogP contribution in [0.1, 0.15) is 21.7 Å². The molecular weight excluding hydrogens is 384 g/mol. The molecule has 0 unspecified atom stereocenters. The van der Waals surface area contributed by atoms with Gasteiger partial charge in [-0.05, 0) is 49.7 Å². The molecule has 0 aliphatic carbocycles. The van der Waals surface area contributed by atoms with E-state index in [4.69, 9.17) is 11.6 Å². The molecule has 0 spiro atoms. The summed E-state index contributed by atoms with van der Waals surface area (Å²) in [5.74, 6) is 0.293. The molecule has 0 radical (unpaired) electrons. The summed E-state index contributed by atoms with van der Waals surface area (Å²) in [5.41, 5.74) is 4.56. The zero-order chi connectivity index (χ0) is 20.4. The van der Waals surface area contributed by atoms with Crippen LogP contribution >= 0.6 is 11.6 Å². The molecule has 0 bridgehead atoms. The fourth-order valence-electron chi connectivity index (χ4n) is 2.99. The van der Waals surface area contributed by atoms with E-state index in [1.165, 1.54) is 0 Å². The highest BCUT2D eigenvalue weighted by Crippen LogP contribution is 2.23. The molecular formula is C23H19ClN4O. The van der Waals surface area contributed by atoms with Crippen LogP contribution in [0.25, 0.3) is 17.1 Å². The van der Waals surface area contributed by atoms with Crippen molar-refractivity contribution in [3.05, 3.63) is 94.8 Å². The average molecular weight is 403 g/mol. The molecule has 3 aromatic carbocycles. The van der Waals surface area contributed by atoms with Crippen LogP contribution in [-0.2, 0) is 0 Å². The van der Waals surface area contributed by atoms with E-state index in [2.05, 4.69) is 15.4 Å². The molecule has 29 heavy (non-hydrogen) atoms. The second kappa shape index (κ2) is 7.89. The molecule has 1 amide bonds. The van der Waals surface area contributed by atoms with Crippen LogP contribution < -0.4 is 5.32 Å². The van der Waals surface area contributed by atoms with Gasteiger partial charge in [-0.3, -0.25) is 4.79 Å². The molecule has 6 heteroatoms. The first-order valence-corrected chi connectivity index (χ1v) is 9.55. The minimum Gasteiger partial charge on any atom is -0.319 e. The van der Waals surface area contributed by atoms with E-state index in [1.807, 2.05) is 62.4 Å². The van der Waals surface area contributed by atoms with E-state index >= 15 is 0 Å². The largest absolute Gasteiger partial charge is 0.319 e. The van der Waals surface area contributed by atoms with Crippen molar-refractivity contribution in [2.75, 3.05) is 5.32 Å². The quantitative estimate of drug-likeness (QED) is 0.493. The molecule has 0 aliphatic rings. The van der Waals surface area contributed by atoms with Crippen molar-refractivity contribution in [3.63, 3.8) is 0 Å². The Labute approximate surface area is 174 Å². The van der Waals surface area contributed by atoms with Crippen LogP contribution in [0.4, 0.5) is 5.69 Å². The van der Waals surface area contributed by atoms with Crippen LogP contribution in [-0.4, -0.2) is 20.7 Å². The van der Waals surface area contributed by atoms with Crippen LogP contribution in [0.3, 0.4) is 0 Å². The Morgan fingerprint density at radius 3 is 2.41 bits per heavy atom. The van der Waals surface area contributed by atoms with Crippen molar-refractivity contribution in [1.29, 1.82) is 0 Å². The van der Waals surface area contributed by atoms with Crippen molar-refractivity contribution in [2.24, 2.45) is 0 Å². The molecule has 0 saturated heterocycles. The van der Waals surface area contributed by atoms with E-state index in [0.717, 1.165) is 22.4 Å². The highest BCUT2D eigenvalue weighted by Gasteiger charge is 2.19. The fraction of sp³-hybridized carbons (Fsp3) is 0.0870. The Kier molecular flexibility index (Phi) is 5.14. The second-order valence-electron chi connectivity index (χ2n) is 6.84. The average Bonchev–Trinajstić information content (AvgIpc) is 3.14. The van der Waals surface area contributed by atoms with E-state index in [0.29, 0.717) is 16.5 Å². The molecule has 4 aromatic rings. The van der Waals surface area contributed by atoms with Crippen LogP contribution in [0.5, 0.6) is 0 Å². The van der Waals surface area contributed by atoms with Gasteiger partial charge in [-0.1, -0.05) is 59.6 Å². The molecule has 144 valence electrons. The number of carbonyl (C=O) groups is 1. The van der Waals surface area contributed by atoms with Crippen molar-refractivity contribution in [1.82, 2.24) is 14.8 Å². The maximum absolute atomic E-state index is 12.8. The molecule has 0 atom stereocenters. The predicted molar refractivity (Wildman–Crippen MR) is 116 cm³/mol. The van der Waals surface area contributed by atoms with Crippen LogP contribution in [0.15, 0.2) is 72.8 Å². The minimum atomic E-state index is -0.396. The first-order valence-electron chi connectivity index (χ1n) is 9.18. The van der Waals surface area contributed by atoms with Gasteiger partial charge in [-0.2, -0.15) is 0 Å². The molecule has 1 heterocycles. The zero-order valence-corrected chi connectivity index (χ0v) is 16.8. The highest BCUT2D eigenvalue weighted by molar-refractivity contribution is 6.30. The number of anilines is 1. The van der Waals surface area contributed by atoms with Crippen molar-refractivity contribution >= 4 is 23.2 Å². The molecule has 5 nitrogen and oxygen atoms in total. The van der Waals surface area contributed by atoms with Gasteiger partial charge < -0.3 is 5.32 Å². The minimum absolute atomic E-state index is 0.0852. The summed E-state index contributed by atoms with van der Waals surface area (Å²) in [6.07, 6.45) is 0. The lowest BCUT2D eigenvalue weighted by Gasteiger charge is -2.07. The standard InChI is InChI=1S/C23H19ClN4O/c1-15-9-11-17(12-10-15)22-26-21(23(29)25-19-7-4-6-18(24)14-19)27-28(22)20-8-3-5-16(2)13-20/h3-14H,1-2H3,(H,25,29). The lowest BCUT2D eigenvalue weighted by molar-refractivity contribution is 0.101. The monoisotopic (exact) mass is 402 g/mol. The van der Waals surface area contributed by atoms with Crippen LogP contribution in [0.2, 0.25) is 5.02 Å². The lowest BCUT2D eigenvalue weighted by Crippen LogP contribution is -2.14. The first-order chi connectivity index (χ1) is 14.0. The lowest BCUT2D eigenvalue weighted by atomic mass is 10.1. The Balaban J connectivity index is 1.76. The number of benzene rings is 3. The summed E-state index contributed by atoms with van der Waals surface area (Å²) in [6.45, 7) is 4.04. The van der Waals surface area contributed by atoms with E-state index in [-0.39, 0.29) is 5.82 Å². The van der Waals surface area contributed by atoms with Gasteiger partial charge in [0.1, 0.15) is 0 Å². The summed E-state index contributed by atoms with van der Waals surface area (Å²) in [6, 6.07) is 22.9. The number of carbonyl (C=O) groups excluding carboxylic acids is 1. The Morgan fingerprint density at radius 2 is 1.69 bits per heavy atom. The SMILES string of the molecule is Cc1ccc(-c2nc(C(=O)Nc3cccc(Cl)c3)nn2-c2cccc(C)c2)cc1. The molecule has 1 aromatic heterocycles. The first kappa shape index (κ1) is 18.9. The van der Waals surface area contributed by atoms with Gasteiger partial charge in [0.15, 0.2) is 5.82 Å². The summed E-state index contributed by atoms with van der Waals surface area (Å²) >= 11 is 6.00. The fourth-order valence-corrected chi connectivity index (χ4v) is 3.18. The summed E-state index contributed by atoms with van der Waals surface area (Å²) in [7, 11) is 0. The third-order valence-electron chi connectivity index (χ3n) is 4.45. The number of nitrogens with one attached hydrogen (secondary N) is 1. The molecule has 4 rings (SSSR count). The number of hydrogen-bond donors (Lipinski definition) is 1. The maximum Gasteiger partial charge on any atom is 0.295 e. The third kappa shape index (κ3) is 4.20. The molecule has 0 fully saturated rings. The van der Waals surface area contributed by atoms with Gasteiger partial charge in [-0.25, -0.2) is 9.67 Å². The number of halogens is 1. The Morgan fingerprint density at radius 1 is 0.931 bits per heavy atom. The van der Waals surface area contributed by atoms with Crippen molar-refractivity contribution in [3.8, 4) is 17.1 Å². The van der Waals surface area contributed by atoms with Gasteiger partial charge in [-0.15, -0.1) is 5.10 Å². The molecule has 1 N–H and O–H groups in total. The summed E-state index contributed by atoms with van der Waals surface area (Å²) in [5, 5.41) is 7.84. The molecule has 0 aliphatic heterocycles. The maximum atomic E-state index is 12.8. The normalized spacial score (nSPS) is 10.7.